The number of nitrogens with two attached hydrogens (primary N) is 1. The van der Waals surface area contributed by atoms with Crippen molar-refractivity contribution in [2.45, 2.75) is 38.9 Å². The van der Waals surface area contributed by atoms with Crippen molar-refractivity contribution in [2.24, 2.45) is 5.73 Å². The molecule has 1 aliphatic rings. The van der Waals surface area contributed by atoms with E-state index in [1.54, 1.807) is 4.57 Å². The Balaban J connectivity index is 1.88. The van der Waals surface area contributed by atoms with Crippen molar-refractivity contribution in [2.75, 3.05) is 0 Å². The molecule has 0 saturated heterocycles. The summed E-state index contributed by atoms with van der Waals surface area (Å²) in [5.41, 5.74) is 5.44. The molecule has 0 unspecified atom stereocenters. The van der Waals surface area contributed by atoms with Gasteiger partial charge >= 0.3 is 5.69 Å². The molecule has 1 aliphatic heterocycles. The quantitative estimate of drug-likeness (QED) is 0.857. The van der Waals surface area contributed by atoms with Crippen LogP contribution in [0.1, 0.15) is 30.2 Å². The Bertz CT molecular complexity index is 608. The maximum Gasteiger partial charge on any atom is 0.346 e. The molecule has 0 bridgehead atoms. The standard InChI is InChI=1S/C12H16N4O2/c13-7-9-4-5-10(18-9)8-16-12(17)15-6-2-1-3-11(15)14-16/h4-5H,1-3,6-8,13H2. The Kier molecular flexibility index (Phi) is 2.79. The maximum absolute atomic E-state index is 12.1. The molecule has 2 aromatic heterocycles. The fraction of sp³-hybridized carbons (Fsp3) is 0.500. The molecule has 0 amide bonds. The van der Waals surface area contributed by atoms with Crippen molar-refractivity contribution in [1.29, 1.82) is 0 Å². The molecule has 0 fully saturated rings. The van der Waals surface area contributed by atoms with Crippen LogP contribution in [-0.4, -0.2) is 14.3 Å². The van der Waals surface area contributed by atoms with Gasteiger partial charge in [-0.25, -0.2) is 9.48 Å². The van der Waals surface area contributed by atoms with Gasteiger partial charge in [-0.15, -0.1) is 0 Å². The summed E-state index contributed by atoms with van der Waals surface area (Å²) in [5.74, 6) is 2.33. The number of aryl methyl sites for hydroxylation is 1. The third kappa shape index (κ3) is 1.88. The average molecular weight is 248 g/mol. The summed E-state index contributed by atoms with van der Waals surface area (Å²) in [5, 5.41) is 4.36. The van der Waals surface area contributed by atoms with E-state index in [4.69, 9.17) is 10.2 Å². The van der Waals surface area contributed by atoms with Crippen molar-refractivity contribution >= 4 is 0 Å². The monoisotopic (exact) mass is 248 g/mol. The Morgan fingerprint density at radius 3 is 2.89 bits per heavy atom. The largest absolute Gasteiger partial charge is 0.463 e. The van der Waals surface area contributed by atoms with Crippen molar-refractivity contribution in [3.63, 3.8) is 0 Å². The summed E-state index contributed by atoms with van der Waals surface area (Å²) in [7, 11) is 0. The number of fused-ring (bicyclic) bond motifs is 1. The fourth-order valence-corrected chi connectivity index (χ4v) is 2.32. The van der Waals surface area contributed by atoms with Gasteiger partial charge in [-0.2, -0.15) is 5.10 Å². The zero-order valence-electron chi connectivity index (χ0n) is 10.1. The van der Waals surface area contributed by atoms with Crippen molar-refractivity contribution < 1.29 is 4.42 Å². The molecule has 96 valence electrons. The van der Waals surface area contributed by atoms with Crippen LogP contribution in [0.5, 0.6) is 0 Å². The number of nitrogens with zero attached hydrogens (tertiary/aromatic N) is 3. The fourth-order valence-electron chi connectivity index (χ4n) is 2.32. The molecule has 6 nitrogen and oxygen atoms in total. The molecule has 6 heteroatoms. The van der Waals surface area contributed by atoms with Gasteiger partial charge in [0.1, 0.15) is 23.9 Å². The van der Waals surface area contributed by atoms with E-state index in [9.17, 15) is 4.79 Å². The summed E-state index contributed by atoms with van der Waals surface area (Å²) in [6, 6.07) is 3.67. The smallest absolute Gasteiger partial charge is 0.346 e. The molecule has 18 heavy (non-hydrogen) atoms. The maximum atomic E-state index is 12.1. The van der Waals surface area contributed by atoms with E-state index in [1.165, 1.54) is 4.68 Å². The molecular weight excluding hydrogens is 232 g/mol. The minimum Gasteiger partial charge on any atom is -0.463 e. The lowest BCUT2D eigenvalue weighted by Gasteiger charge is -2.09. The SMILES string of the molecule is NCc1ccc(Cn2nc3n(c2=O)CCCC3)o1. The topological polar surface area (TPSA) is 79.0 Å². The van der Waals surface area contributed by atoms with Gasteiger partial charge in [0.05, 0.1) is 6.54 Å². The van der Waals surface area contributed by atoms with Gasteiger partial charge in [0, 0.05) is 13.0 Å². The normalized spacial score (nSPS) is 14.7. The molecular formula is C12H16N4O2. The second kappa shape index (κ2) is 4.45. The minimum absolute atomic E-state index is 0.0459. The first-order valence-electron chi connectivity index (χ1n) is 6.22. The molecule has 0 radical (unpaired) electrons. The van der Waals surface area contributed by atoms with Gasteiger partial charge in [0.25, 0.3) is 0 Å². The van der Waals surface area contributed by atoms with Crippen molar-refractivity contribution in [3.8, 4) is 0 Å². The van der Waals surface area contributed by atoms with Gasteiger partial charge in [0.15, 0.2) is 0 Å². The summed E-state index contributed by atoms with van der Waals surface area (Å²) >= 11 is 0. The van der Waals surface area contributed by atoms with Crippen LogP contribution in [0.4, 0.5) is 0 Å². The zero-order chi connectivity index (χ0) is 12.5. The highest BCUT2D eigenvalue weighted by atomic mass is 16.3. The summed E-state index contributed by atoms with van der Waals surface area (Å²) in [6.07, 6.45) is 3.04. The lowest BCUT2D eigenvalue weighted by atomic mass is 10.2. The van der Waals surface area contributed by atoms with Crippen LogP contribution in [-0.2, 0) is 26.1 Å². The summed E-state index contributed by atoms with van der Waals surface area (Å²) in [4.78, 5) is 12.1. The molecule has 3 rings (SSSR count). The molecule has 0 aromatic carbocycles. The molecule has 0 aliphatic carbocycles. The highest BCUT2D eigenvalue weighted by Gasteiger charge is 2.17. The summed E-state index contributed by atoms with van der Waals surface area (Å²) in [6.45, 7) is 1.52. The second-order valence-corrected chi connectivity index (χ2v) is 4.54. The Labute approximate surface area is 104 Å². The van der Waals surface area contributed by atoms with Gasteiger partial charge in [-0.1, -0.05) is 0 Å². The predicted molar refractivity (Wildman–Crippen MR) is 65.1 cm³/mol. The van der Waals surface area contributed by atoms with Crippen molar-refractivity contribution in [3.05, 3.63) is 40.0 Å². The van der Waals surface area contributed by atoms with Crippen LogP contribution in [0, 0.1) is 0 Å². The van der Waals surface area contributed by atoms with Crippen molar-refractivity contribution in [1.82, 2.24) is 14.3 Å². The first kappa shape index (κ1) is 11.3. The van der Waals surface area contributed by atoms with Gasteiger partial charge in [0.2, 0.25) is 0 Å². The average Bonchev–Trinajstić information content (AvgIpc) is 2.97. The number of hydrogen-bond acceptors (Lipinski definition) is 4. The van der Waals surface area contributed by atoms with E-state index < -0.39 is 0 Å². The molecule has 2 N–H and O–H groups in total. The van der Waals surface area contributed by atoms with Crippen LogP contribution < -0.4 is 11.4 Å². The first-order chi connectivity index (χ1) is 8.78. The van der Waals surface area contributed by atoms with E-state index in [0.717, 1.165) is 37.4 Å². The van der Waals surface area contributed by atoms with Gasteiger partial charge < -0.3 is 10.2 Å². The predicted octanol–water partition coefficient (Wildman–Crippen LogP) is 0.481. The second-order valence-electron chi connectivity index (χ2n) is 4.54. The van der Waals surface area contributed by atoms with Crippen LogP contribution in [0.25, 0.3) is 0 Å². The van der Waals surface area contributed by atoms with E-state index in [0.29, 0.717) is 18.8 Å². The highest BCUT2D eigenvalue weighted by molar-refractivity contribution is 5.07. The van der Waals surface area contributed by atoms with Crippen LogP contribution in [0.15, 0.2) is 21.3 Å². The Hall–Kier alpha value is -1.82. The van der Waals surface area contributed by atoms with E-state index in [1.807, 2.05) is 12.1 Å². The number of aromatic nitrogens is 3. The molecule has 2 aromatic rings. The van der Waals surface area contributed by atoms with Gasteiger partial charge in [-0.05, 0) is 25.0 Å². The van der Waals surface area contributed by atoms with Crippen LogP contribution in [0.2, 0.25) is 0 Å². The first-order valence-corrected chi connectivity index (χ1v) is 6.22. The minimum atomic E-state index is -0.0459. The van der Waals surface area contributed by atoms with Gasteiger partial charge in [-0.3, -0.25) is 4.57 Å². The van der Waals surface area contributed by atoms with E-state index >= 15 is 0 Å². The molecule has 0 spiro atoms. The third-order valence-electron chi connectivity index (χ3n) is 3.26. The van der Waals surface area contributed by atoms with Crippen LogP contribution in [0.3, 0.4) is 0 Å². The Morgan fingerprint density at radius 2 is 2.17 bits per heavy atom. The Morgan fingerprint density at radius 1 is 1.33 bits per heavy atom. The van der Waals surface area contributed by atoms with E-state index in [-0.39, 0.29) is 5.69 Å². The number of furan rings is 1. The zero-order valence-corrected chi connectivity index (χ0v) is 10.1. The molecule has 0 atom stereocenters. The third-order valence-corrected chi connectivity index (χ3v) is 3.26. The number of rotatable bonds is 3. The number of hydrogen-bond donors (Lipinski definition) is 1. The molecule has 0 saturated carbocycles. The van der Waals surface area contributed by atoms with Crippen LogP contribution >= 0.6 is 0 Å². The van der Waals surface area contributed by atoms with E-state index in [2.05, 4.69) is 5.10 Å². The lowest BCUT2D eigenvalue weighted by Crippen LogP contribution is -2.27. The lowest BCUT2D eigenvalue weighted by molar-refractivity contribution is 0.440. The summed E-state index contributed by atoms with van der Waals surface area (Å²) < 4.78 is 8.72. The highest BCUT2D eigenvalue weighted by Crippen LogP contribution is 2.11. The molecule has 3 heterocycles.